The van der Waals surface area contributed by atoms with Gasteiger partial charge in [-0.15, -0.1) is 0 Å². The summed E-state index contributed by atoms with van der Waals surface area (Å²) in [6.07, 6.45) is 2.59. The second kappa shape index (κ2) is 4.10. The molecule has 1 saturated carbocycles. The third-order valence-electron chi connectivity index (χ3n) is 3.09. The van der Waals surface area contributed by atoms with Crippen molar-refractivity contribution in [3.63, 3.8) is 0 Å². The highest BCUT2D eigenvalue weighted by atomic mass is 16.3. The smallest absolute Gasteiger partial charge is 0.237 e. The first kappa shape index (κ1) is 12.5. The van der Waals surface area contributed by atoms with E-state index in [-0.39, 0.29) is 11.3 Å². The first-order valence-electron chi connectivity index (χ1n) is 5.50. The van der Waals surface area contributed by atoms with Gasteiger partial charge in [-0.25, -0.2) is 0 Å². The summed E-state index contributed by atoms with van der Waals surface area (Å²) < 4.78 is 0. The van der Waals surface area contributed by atoms with Crippen LogP contribution in [-0.2, 0) is 4.79 Å². The van der Waals surface area contributed by atoms with Gasteiger partial charge in [-0.1, -0.05) is 20.8 Å². The fourth-order valence-electron chi connectivity index (χ4n) is 1.52. The van der Waals surface area contributed by atoms with Crippen LogP contribution in [0.2, 0.25) is 0 Å². The summed E-state index contributed by atoms with van der Waals surface area (Å²) in [7, 11) is 0. The van der Waals surface area contributed by atoms with E-state index < -0.39 is 11.6 Å². The molecular formula is C11H22N2O2. The number of hydrogen-bond acceptors (Lipinski definition) is 3. The third kappa shape index (κ3) is 3.18. The largest absolute Gasteiger partial charge is 0.388 e. The topological polar surface area (TPSA) is 75.4 Å². The summed E-state index contributed by atoms with van der Waals surface area (Å²) >= 11 is 0. The van der Waals surface area contributed by atoms with Gasteiger partial charge >= 0.3 is 0 Å². The zero-order valence-corrected chi connectivity index (χ0v) is 9.84. The van der Waals surface area contributed by atoms with Gasteiger partial charge in [0.2, 0.25) is 5.91 Å². The molecule has 0 spiro atoms. The van der Waals surface area contributed by atoms with Crippen LogP contribution in [0.15, 0.2) is 0 Å². The van der Waals surface area contributed by atoms with Crippen LogP contribution < -0.4 is 11.1 Å². The van der Waals surface area contributed by atoms with Gasteiger partial charge in [-0.05, 0) is 24.7 Å². The van der Waals surface area contributed by atoms with E-state index in [1.54, 1.807) is 0 Å². The Hall–Kier alpha value is -0.610. The molecule has 0 aromatic heterocycles. The van der Waals surface area contributed by atoms with E-state index >= 15 is 0 Å². The average molecular weight is 214 g/mol. The van der Waals surface area contributed by atoms with Crippen LogP contribution in [0.5, 0.6) is 0 Å². The molecule has 1 unspecified atom stereocenters. The molecule has 0 bridgehead atoms. The molecule has 0 radical (unpaired) electrons. The summed E-state index contributed by atoms with van der Waals surface area (Å²) in [5.41, 5.74) is 4.87. The average Bonchev–Trinajstić information content (AvgIpc) is 2.08. The number of carbonyl (C=O) groups excluding carboxylic acids is 1. The number of carbonyl (C=O) groups is 1. The number of rotatable bonds is 3. The molecule has 4 nitrogen and oxygen atoms in total. The van der Waals surface area contributed by atoms with Crippen molar-refractivity contribution in [3.8, 4) is 0 Å². The monoisotopic (exact) mass is 214 g/mol. The van der Waals surface area contributed by atoms with Crippen molar-refractivity contribution < 1.29 is 9.90 Å². The number of nitrogens with two attached hydrogens (primary N) is 1. The maximum Gasteiger partial charge on any atom is 0.237 e. The molecule has 1 aliphatic carbocycles. The quantitative estimate of drug-likeness (QED) is 0.636. The molecule has 1 aliphatic rings. The summed E-state index contributed by atoms with van der Waals surface area (Å²) in [6, 6.07) is -0.527. The van der Waals surface area contributed by atoms with E-state index in [4.69, 9.17) is 5.73 Å². The molecule has 1 rings (SSSR count). The Morgan fingerprint density at radius 2 is 2.07 bits per heavy atom. The van der Waals surface area contributed by atoms with E-state index in [0.29, 0.717) is 6.54 Å². The molecule has 1 amide bonds. The minimum Gasteiger partial charge on any atom is -0.388 e. The Labute approximate surface area is 91.2 Å². The maximum atomic E-state index is 11.6. The maximum absolute atomic E-state index is 11.6. The lowest BCUT2D eigenvalue weighted by molar-refractivity contribution is -0.126. The van der Waals surface area contributed by atoms with Crippen molar-refractivity contribution in [2.75, 3.05) is 6.54 Å². The first-order valence-corrected chi connectivity index (χ1v) is 5.50. The van der Waals surface area contributed by atoms with E-state index in [9.17, 15) is 9.90 Å². The molecule has 0 aromatic rings. The number of hydrogen-bond donors (Lipinski definition) is 3. The fraction of sp³-hybridized carbons (Fsp3) is 0.909. The summed E-state index contributed by atoms with van der Waals surface area (Å²) in [5, 5.41) is 12.5. The standard InChI is InChI=1S/C11H22N2O2/c1-10(2,3)8(12)9(14)13-7-11(15)5-4-6-11/h8,15H,4-7,12H2,1-3H3,(H,13,14). The van der Waals surface area contributed by atoms with Crippen molar-refractivity contribution in [1.82, 2.24) is 5.32 Å². The molecule has 0 aromatic carbocycles. The zero-order chi connectivity index (χ0) is 11.7. The normalized spacial score (nSPS) is 21.7. The predicted molar refractivity (Wildman–Crippen MR) is 59.2 cm³/mol. The van der Waals surface area contributed by atoms with Crippen LogP contribution >= 0.6 is 0 Å². The fourth-order valence-corrected chi connectivity index (χ4v) is 1.52. The van der Waals surface area contributed by atoms with Crippen LogP contribution in [0.3, 0.4) is 0 Å². The lowest BCUT2D eigenvalue weighted by Crippen LogP contribution is -2.54. The van der Waals surface area contributed by atoms with Crippen LogP contribution in [0.25, 0.3) is 0 Å². The van der Waals surface area contributed by atoms with E-state index in [1.165, 1.54) is 0 Å². The number of amides is 1. The van der Waals surface area contributed by atoms with Gasteiger partial charge in [0.15, 0.2) is 0 Å². The van der Waals surface area contributed by atoms with Gasteiger partial charge in [0.1, 0.15) is 0 Å². The minimum atomic E-state index is -0.673. The van der Waals surface area contributed by atoms with Gasteiger partial charge in [0, 0.05) is 6.54 Å². The van der Waals surface area contributed by atoms with Crippen LogP contribution in [0.4, 0.5) is 0 Å². The molecular weight excluding hydrogens is 192 g/mol. The predicted octanol–water partition coefficient (Wildman–Crippen LogP) is 0.391. The Kier molecular flexibility index (Phi) is 3.41. The Morgan fingerprint density at radius 3 is 2.40 bits per heavy atom. The minimum absolute atomic E-state index is 0.178. The molecule has 88 valence electrons. The second-order valence-corrected chi connectivity index (χ2v) is 5.64. The molecule has 1 atom stereocenters. The highest BCUT2D eigenvalue weighted by Gasteiger charge is 2.36. The van der Waals surface area contributed by atoms with Gasteiger partial charge in [-0.2, -0.15) is 0 Å². The summed E-state index contributed by atoms with van der Waals surface area (Å²) in [5.74, 6) is -0.178. The molecule has 15 heavy (non-hydrogen) atoms. The van der Waals surface area contributed by atoms with Gasteiger partial charge in [-0.3, -0.25) is 4.79 Å². The summed E-state index contributed by atoms with van der Waals surface area (Å²) in [4.78, 5) is 11.6. The van der Waals surface area contributed by atoms with Crippen molar-refractivity contribution in [3.05, 3.63) is 0 Å². The van der Waals surface area contributed by atoms with Crippen LogP contribution in [0.1, 0.15) is 40.0 Å². The van der Waals surface area contributed by atoms with E-state index in [0.717, 1.165) is 19.3 Å². The SMILES string of the molecule is CC(C)(C)C(N)C(=O)NCC1(O)CCC1. The third-order valence-corrected chi connectivity index (χ3v) is 3.09. The highest BCUT2D eigenvalue weighted by Crippen LogP contribution is 2.30. The van der Waals surface area contributed by atoms with Crippen molar-refractivity contribution in [2.45, 2.75) is 51.7 Å². The van der Waals surface area contributed by atoms with Gasteiger partial charge in [0.25, 0.3) is 0 Å². The zero-order valence-electron chi connectivity index (χ0n) is 9.84. The summed E-state index contributed by atoms with van der Waals surface area (Å²) in [6.45, 7) is 6.11. The molecule has 4 heteroatoms. The van der Waals surface area contributed by atoms with Gasteiger partial charge in [0.05, 0.1) is 11.6 Å². The number of aliphatic hydroxyl groups is 1. The Bertz CT molecular complexity index is 241. The van der Waals surface area contributed by atoms with Crippen molar-refractivity contribution in [1.29, 1.82) is 0 Å². The molecule has 0 saturated heterocycles. The van der Waals surface area contributed by atoms with E-state index in [1.807, 2.05) is 20.8 Å². The van der Waals surface area contributed by atoms with E-state index in [2.05, 4.69) is 5.32 Å². The highest BCUT2D eigenvalue weighted by molar-refractivity contribution is 5.82. The molecule has 0 heterocycles. The molecule has 0 aliphatic heterocycles. The second-order valence-electron chi connectivity index (χ2n) is 5.64. The Morgan fingerprint density at radius 1 is 1.53 bits per heavy atom. The number of nitrogens with one attached hydrogen (secondary N) is 1. The Balaban J connectivity index is 2.36. The van der Waals surface area contributed by atoms with Crippen molar-refractivity contribution >= 4 is 5.91 Å². The molecule has 1 fully saturated rings. The van der Waals surface area contributed by atoms with Crippen LogP contribution in [-0.4, -0.2) is 29.2 Å². The lowest BCUT2D eigenvalue weighted by Gasteiger charge is -2.37. The molecule has 4 N–H and O–H groups in total. The lowest BCUT2D eigenvalue weighted by atomic mass is 9.80. The van der Waals surface area contributed by atoms with Gasteiger partial charge < -0.3 is 16.2 Å². The first-order chi connectivity index (χ1) is 6.75. The van der Waals surface area contributed by atoms with Crippen molar-refractivity contribution in [2.24, 2.45) is 11.1 Å². The van der Waals surface area contributed by atoms with Crippen LogP contribution in [0, 0.1) is 5.41 Å².